The van der Waals surface area contributed by atoms with E-state index in [1.54, 1.807) is 0 Å². The predicted molar refractivity (Wildman–Crippen MR) is 237 cm³/mol. The molecule has 1 aliphatic carbocycles. The maximum Gasteiger partial charge on any atom is 0.164 e. The van der Waals surface area contributed by atoms with Crippen LogP contribution in [0.3, 0.4) is 0 Å². The molecule has 3 heterocycles. The first-order valence-electron chi connectivity index (χ1n) is 19.7. The van der Waals surface area contributed by atoms with Gasteiger partial charge >= 0.3 is 0 Å². The number of rotatable bonds is 6. The van der Waals surface area contributed by atoms with Gasteiger partial charge in [-0.1, -0.05) is 159 Å². The number of hydrogen-bond acceptors (Lipinski definition) is 4. The summed E-state index contributed by atoms with van der Waals surface area (Å²) < 4.78 is 2.30. The van der Waals surface area contributed by atoms with Gasteiger partial charge in [-0.05, 0) is 80.9 Å². The van der Waals surface area contributed by atoms with E-state index in [1.165, 1.54) is 27.6 Å². The van der Waals surface area contributed by atoms with Gasteiger partial charge in [0.25, 0.3) is 0 Å². The molecule has 7 aromatic carbocycles. The fourth-order valence-electron chi connectivity index (χ4n) is 8.90. The van der Waals surface area contributed by atoms with Crippen molar-refractivity contribution < 1.29 is 0 Å². The van der Waals surface area contributed by atoms with Crippen molar-refractivity contribution in [1.82, 2.24) is 24.5 Å². The molecule has 0 saturated carbocycles. The van der Waals surface area contributed by atoms with Gasteiger partial charge in [0, 0.05) is 44.8 Å². The van der Waals surface area contributed by atoms with Crippen molar-refractivity contribution >= 4 is 21.9 Å². The topological polar surface area (TPSA) is 56.5 Å². The van der Waals surface area contributed by atoms with Gasteiger partial charge in [0.15, 0.2) is 17.5 Å². The van der Waals surface area contributed by atoms with Crippen LogP contribution in [0.25, 0.3) is 95.2 Å². The maximum absolute atomic E-state index is 5.28. The van der Waals surface area contributed by atoms with Crippen molar-refractivity contribution in [2.45, 2.75) is 19.3 Å². The molecule has 0 aliphatic heterocycles. The van der Waals surface area contributed by atoms with Gasteiger partial charge < -0.3 is 0 Å². The van der Waals surface area contributed by atoms with Gasteiger partial charge in [0.2, 0.25) is 0 Å². The average molecular weight is 744 g/mol. The van der Waals surface area contributed by atoms with Crippen LogP contribution in [0, 0.1) is 0 Å². The molecule has 3 aromatic heterocycles. The number of benzene rings is 7. The summed E-state index contributed by atoms with van der Waals surface area (Å²) in [6.07, 6.45) is 1.88. The van der Waals surface area contributed by atoms with Crippen LogP contribution in [-0.2, 0) is 5.41 Å². The van der Waals surface area contributed by atoms with Crippen molar-refractivity contribution in [2.75, 3.05) is 0 Å². The summed E-state index contributed by atoms with van der Waals surface area (Å²) in [4.78, 5) is 20.7. The molecule has 0 saturated heterocycles. The van der Waals surface area contributed by atoms with E-state index in [2.05, 4.69) is 182 Å². The van der Waals surface area contributed by atoms with E-state index in [4.69, 9.17) is 19.9 Å². The Morgan fingerprint density at radius 1 is 0.397 bits per heavy atom. The lowest BCUT2D eigenvalue weighted by Crippen LogP contribution is -2.15. The molecule has 0 bridgehead atoms. The molecule has 58 heavy (non-hydrogen) atoms. The van der Waals surface area contributed by atoms with Gasteiger partial charge in [-0.25, -0.2) is 19.9 Å². The molecule has 274 valence electrons. The van der Waals surface area contributed by atoms with E-state index in [0.717, 1.165) is 61.2 Å². The molecular formula is C53H37N5. The fraction of sp³-hybridized carbons (Fsp3) is 0.0566. The van der Waals surface area contributed by atoms with Crippen LogP contribution in [-0.4, -0.2) is 24.5 Å². The lowest BCUT2D eigenvalue weighted by atomic mass is 9.82. The SMILES string of the molecule is CC1(C)c2cc(-c3nc(-c4ccccc4-c4ccccc4)nc(-c4ccccc4-c4ccccc4)n3)ccc2-c2ccc(-n3c4ccccc4c4cccnc43)cc21. The Labute approximate surface area is 337 Å². The van der Waals surface area contributed by atoms with Crippen molar-refractivity contribution in [3.05, 3.63) is 199 Å². The van der Waals surface area contributed by atoms with E-state index in [9.17, 15) is 0 Å². The summed E-state index contributed by atoms with van der Waals surface area (Å²) in [6.45, 7) is 4.65. The normalized spacial score (nSPS) is 12.8. The zero-order chi connectivity index (χ0) is 38.8. The third-order valence-corrected chi connectivity index (χ3v) is 11.8. The first-order chi connectivity index (χ1) is 28.5. The second-order valence-corrected chi connectivity index (χ2v) is 15.5. The minimum Gasteiger partial charge on any atom is -0.294 e. The summed E-state index contributed by atoms with van der Waals surface area (Å²) in [7, 11) is 0. The molecule has 10 aromatic rings. The molecule has 0 fully saturated rings. The summed E-state index contributed by atoms with van der Waals surface area (Å²) in [6, 6.07) is 64.0. The summed E-state index contributed by atoms with van der Waals surface area (Å²) in [5.74, 6) is 1.90. The van der Waals surface area contributed by atoms with E-state index in [1.807, 2.05) is 24.4 Å². The van der Waals surface area contributed by atoms with Gasteiger partial charge in [-0.3, -0.25) is 4.57 Å². The molecule has 0 atom stereocenters. The Bertz CT molecular complexity index is 3040. The average Bonchev–Trinajstić information content (AvgIpc) is 3.74. The van der Waals surface area contributed by atoms with Gasteiger partial charge in [0.1, 0.15) is 5.65 Å². The van der Waals surface area contributed by atoms with E-state index >= 15 is 0 Å². The Morgan fingerprint density at radius 3 is 1.57 bits per heavy atom. The first-order valence-corrected chi connectivity index (χ1v) is 19.7. The molecule has 0 spiro atoms. The molecule has 0 N–H and O–H groups in total. The standard InChI is InChI=1S/C53H37N5/c1-53(2)46-32-36(27-29-40(46)41-30-28-37(33-47(41)53)58-48-26-14-13-22-42(48)45-25-15-31-54-52(45)58)49-55-50(43-23-11-9-20-38(43)34-16-5-3-6-17-34)57-51(56-49)44-24-12-10-21-39(44)35-18-7-4-8-19-35/h3-33H,1-2H3. The highest BCUT2D eigenvalue weighted by Crippen LogP contribution is 2.50. The van der Waals surface area contributed by atoms with Gasteiger partial charge in [-0.15, -0.1) is 0 Å². The zero-order valence-electron chi connectivity index (χ0n) is 32.1. The first kappa shape index (κ1) is 33.8. The molecule has 5 heteroatoms. The molecule has 5 nitrogen and oxygen atoms in total. The monoisotopic (exact) mass is 743 g/mol. The van der Waals surface area contributed by atoms with E-state index in [0.29, 0.717) is 17.5 Å². The molecular weight excluding hydrogens is 707 g/mol. The molecule has 0 unspecified atom stereocenters. The maximum atomic E-state index is 5.28. The Morgan fingerprint density at radius 2 is 0.914 bits per heavy atom. The highest BCUT2D eigenvalue weighted by Gasteiger charge is 2.36. The number of aromatic nitrogens is 5. The smallest absolute Gasteiger partial charge is 0.164 e. The minimum absolute atomic E-state index is 0.290. The van der Waals surface area contributed by atoms with Crippen LogP contribution in [0.4, 0.5) is 0 Å². The zero-order valence-corrected chi connectivity index (χ0v) is 32.1. The van der Waals surface area contributed by atoms with Crippen LogP contribution < -0.4 is 0 Å². The minimum atomic E-state index is -0.290. The predicted octanol–water partition coefficient (Wildman–Crippen LogP) is 13.0. The van der Waals surface area contributed by atoms with Gasteiger partial charge in [-0.2, -0.15) is 0 Å². The van der Waals surface area contributed by atoms with Crippen molar-refractivity contribution in [3.63, 3.8) is 0 Å². The second kappa shape index (κ2) is 13.3. The highest BCUT2D eigenvalue weighted by molar-refractivity contribution is 6.08. The second-order valence-electron chi connectivity index (χ2n) is 15.5. The van der Waals surface area contributed by atoms with Crippen LogP contribution in [0.15, 0.2) is 188 Å². The molecule has 0 radical (unpaired) electrons. The highest BCUT2D eigenvalue weighted by atomic mass is 15.0. The van der Waals surface area contributed by atoms with E-state index in [-0.39, 0.29) is 5.41 Å². The third kappa shape index (κ3) is 5.39. The van der Waals surface area contributed by atoms with Crippen LogP contribution >= 0.6 is 0 Å². The Balaban J connectivity index is 1.07. The molecule has 1 aliphatic rings. The summed E-state index contributed by atoms with van der Waals surface area (Å²) in [5, 5.41) is 2.35. The van der Waals surface area contributed by atoms with Crippen LogP contribution in [0.1, 0.15) is 25.0 Å². The largest absolute Gasteiger partial charge is 0.294 e. The number of para-hydroxylation sites is 1. The lowest BCUT2D eigenvalue weighted by Gasteiger charge is -2.23. The van der Waals surface area contributed by atoms with Crippen molar-refractivity contribution in [1.29, 1.82) is 0 Å². The lowest BCUT2D eigenvalue weighted by molar-refractivity contribution is 0.660. The Hall–Kier alpha value is -7.50. The number of pyridine rings is 1. The molecule has 0 amide bonds. The van der Waals surface area contributed by atoms with Gasteiger partial charge in [0.05, 0.1) is 5.52 Å². The number of fused-ring (bicyclic) bond motifs is 6. The Kier molecular flexibility index (Phi) is 7.76. The van der Waals surface area contributed by atoms with Crippen molar-refractivity contribution in [3.8, 4) is 73.2 Å². The number of hydrogen-bond donors (Lipinski definition) is 0. The molecule has 11 rings (SSSR count). The van der Waals surface area contributed by atoms with Crippen molar-refractivity contribution in [2.24, 2.45) is 0 Å². The van der Waals surface area contributed by atoms with Crippen LogP contribution in [0.2, 0.25) is 0 Å². The quantitative estimate of drug-likeness (QED) is 0.170. The van der Waals surface area contributed by atoms with Crippen LogP contribution in [0.5, 0.6) is 0 Å². The number of nitrogens with zero attached hydrogens (tertiary/aromatic N) is 5. The summed E-state index contributed by atoms with van der Waals surface area (Å²) in [5.41, 5.74) is 15.2. The third-order valence-electron chi connectivity index (χ3n) is 11.8. The fourth-order valence-corrected chi connectivity index (χ4v) is 8.90. The summed E-state index contributed by atoms with van der Waals surface area (Å²) >= 11 is 0. The van der Waals surface area contributed by atoms with E-state index < -0.39 is 0 Å².